The van der Waals surface area contributed by atoms with Crippen molar-refractivity contribution in [2.24, 2.45) is 5.92 Å². The van der Waals surface area contributed by atoms with Gasteiger partial charge in [0.25, 0.3) is 5.91 Å². The second-order valence-electron chi connectivity index (χ2n) is 4.11. The van der Waals surface area contributed by atoms with E-state index in [2.05, 4.69) is 0 Å². The molecule has 0 aliphatic rings. The summed E-state index contributed by atoms with van der Waals surface area (Å²) in [5.74, 6) is -1.43. The minimum atomic E-state index is -3.63. The molecule has 0 heterocycles. The molecule has 0 aliphatic heterocycles. The van der Waals surface area contributed by atoms with Gasteiger partial charge in [0, 0.05) is 5.56 Å². The van der Waals surface area contributed by atoms with Crippen LogP contribution in [0, 0.1) is 11.7 Å². The number of carbonyl (C=O) groups excluding carboxylic acids is 1. The van der Waals surface area contributed by atoms with Crippen LogP contribution in [-0.4, -0.2) is 20.1 Å². The van der Waals surface area contributed by atoms with Crippen LogP contribution in [0.2, 0.25) is 0 Å². The van der Waals surface area contributed by atoms with Crippen molar-refractivity contribution in [2.45, 2.75) is 13.8 Å². The van der Waals surface area contributed by atoms with Gasteiger partial charge in [0.05, 0.1) is 5.75 Å². The van der Waals surface area contributed by atoms with Crippen molar-refractivity contribution in [3.05, 3.63) is 35.6 Å². The SMILES string of the molecule is CC(C)CS(=O)(=O)NC(=O)c1ccc(F)cc1. The Balaban J connectivity index is 2.76. The van der Waals surface area contributed by atoms with Gasteiger partial charge in [0.1, 0.15) is 5.82 Å². The average molecular weight is 259 g/mol. The summed E-state index contributed by atoms with van der Waals surface area (Å²) >= 11 is 0. The Morgan fingerprint density at radius 3 is 2.29 bits per heavy atom. The molecule has 0 bridgehead atoms. The van der Waals surface area contributed by atoms with Gasteiger partial charge in [-0.2, -0.15) is 0 Å². The summed E-state index contributed by atoms with van der Waals surface area (Å²) in [5, 5.41) is 0. The third-order valence-corrected chi connectivity index (χ3v) is 3.51. The van der Waals surface area contributed by atoms with Crippen LogP contribution in [0.15, 0.2) is 24.3 Å². The lowest BCUT2D eigenvalue weighted by molar-refractivity contribution is 0.0981. The van der Waals surface area contributed by atoms with Crippen molar-refractivity contribution < 1.29 is 17.6 Å². The van der Waals surface area contributed by atoms with Gasteiger partial charge >= 0.3 is 0 Å². The average Bonchev–Trinajstić information content (AvgIpc) is 2.15. The zero-order valence-corrected chi connectivity index (χ0v) is 10.4. The lowest BCUT2D eigenvalue weighted by Gasteiger charge is -2.08. The third-order valence-electron chi connectivity index (χ3n) is 1.91. The Morgan fingerprint density at radius 2 is 1.82 bits per heavy atom. The molecule has 6 heteroatoms. The molecule has 1 rings (SSSR count). The van der Waals surface area contributed by atoms with Crippen molar-refractivity contribution in [2.75, 3.05) is 5.75 Å². The summed E-state index contributed by atoms with van der Waals surface area (Å²) < 4.78 is 37.5. The Morgan fingerprint density at radius 1 is 1.29 bits per heavy atom. The summed E-state index contributed by atoms with van der Waals surface area (Å²) in [6.07, 6.45) is 0. The first kappa shape index (κ1) is 13.6. The molecule has 1 aromatic carbocycles. The largest absolute Gasteiger partial charge is 0.268 e. The molecule has 0 unspecified atom stereocenters. The predicted octanol–water partition coefficient (Wildman–Crippen LogP) is 1.54. The van der Waals surface area contributed by atoms with Gasteiger partial charge in [-0.1, -0.05) is 13.8 Å². The van der Waals surface area contributed by atoms with Crippen LogP contribution in [0.4, 0.5) is 4.39 Å². The molecule has 0 aromatic heterocycles. The highest BCUT2D eigenvalue weighted by atomic mass is 32.2. The number of amides is 1. The van der Waals surface area contributed by atoms with Gasteiger partial charge in [-0.3, -0.25) is 4.79 Å². The zero-order chi connectivity index (χ0) is 13.1. The molecule has 0 radical (unpaired) electrons. The fourth-order valence-electron chi connectivity index (χ4n) is 1.28. The molecule has 0 saturated heterocycles. The summed E-state index contributed by atoms with van der Waals surface area (Å²) in [4.78, 5) is 11.5. The topological polar surface area (TPSA) is 63.2 Å². The fourth-order valence-corrected chi connectivity index (χ4v) is 2.64. The van der Waals surface area contributed by atoms with E-state index >= 15 is 0 Å². The molecule has 4 nitrogen and oxygen atoms in total. The van der Waals surface area contributed by atoms with Crippen molar-refractivity contribution in [1.82, 2.24) is 4.72 Å². The van der Waals surface area contributed by atoms with Gasteiger partial charge in [-0.25, -0.2) is 17.5 Å². The van der Waals surface area contributed by atoms with Crippen LogP contribution in [0.3, 0.4) is 0 Å². The molecule has 1 aromatic rings. The van der Waals surface area contributed by atoms with E-state index in [1.54, 1.807) is 13.8 Å². The van der Waals surface area contributed by atoms with Crippen molar-refractivity contribution in [3.63, 3.8) is 0 Å². The standard InChI is InChI=1S/C11H14FNO3S/c1-8(2)7-17(15,16)13-11(14)9-3-5-10(12)6-4-9/h3-6,8H,7H2,1-2H3,(H,13,14). The van der Waals surface area contributed by atoms with Gasteiger partial charge in [-0.15, -0.1) is 0 Å². The van der Waals surface area contributed by atoms with E-state index in [0.29, 0.717) is 0 Å². The Bertz CT molecular complexity index is 494. The van der Waals surface area contributed by atoms with Crippen LogP contribution in [0.1, 0.15) is 24.2 Å². The summed E-state index contributed by atoms with van der Waals surface area (Å²) in [7, 11) is -3.63. The minimum absolute atomic E-state index is 0.0754. The van der Waals surface area contributed by atoms with Crippen molar-refractivity contribution in [1.29, 1.82) is 0 Å². The maximum absolute atomic E-state index is 12.6. The highest BCUT2D eigenvalue weighted by molar-refractivity contribution is 7.90. The van der Waals surface area contributed by atoms with Crippen molar-refractivity contribution >= 4 is 15.9 Å². The first-order valence-electron chi connectivity index (χ1n) is 5.10. The number of halogens is 1. The van der Waals surface area contributed by atoms with E-state index in [9.17, 15) is 17.6 Å². The minimum Gasteiger partial charge on any atom is -0.268 e. The molecule has 0 aliphatic carbocycles. The van der Waals surface area contributed by atoms with E-state index in [-0.39, 0.29) is 17.2 Å². The number of carbonyl (C=O) groups is 1. The van der Waals surface area contributed by atoms with Crippen LogP contribution < -0.4 is 4.72 Å². The van der Waals surface area contributed by atoms with Gasteiger partial charge < -0.3 is 0 Å². The first-order chi connectivity index (χ1) is 7.80. The highest BCUT2D eigenvalue weighted by Crippen LogP contribution is 2.04. The van der Waals surface area contributed by atoms with Crippen molar-refractivity contribution in [3.8, 4) is 0 Å². The van der Waals surface area contributed by atoms with E-state index < -0.39 is 21.7 Å². The third kappa shape index (κ3) is 4.52. The van der Waals surface area contributed by atoms with E-state index in [1.165, 1.54) is 12.1 Å². The Hall–Kier alpha value is -1.43. The fraction of sp³-hybridized carbons (Fsp3) is 0.364. The molecule has 0 spiro atoms. The van der Waals surface area contributed by atoms with Crippen LogP contribution in [0.25, 0.3) is 0 Å². The highest BCUT2D eigenvalue weighted by Gasteiger charge is 2.17. The summed E-state index contributed by atoms with van der Waals surface area (Å²) in [5.41, 5.74) is 0.110. The monoisotopic (exact) mass is 259 g/mol. The smallest absolute Gasteiger partial charge is 0.264 e. The maximum Gasteiger partial charge on any atom is 0.264 e. The van der Waals surface area contributed by atoms with Crippen LogP contribution in [0.5, 0.6) is 0 Å². The molecule has 0 atom stereocenters. The molecular weight excluding hydrogens is 245 g/mol. The summed E-state index contributed by atoms with van der Waals surface area (Å²) in [6.45, 7) is 3.48. The van der Waals surface area contributed by atoms with E-state index in [4.69, 9.17) is 0 Å². The zero-order valence-electron chi connectivity index (χ0n) is 9.60. The van der Waals surface area contributed by atoms with E-state index in [0.717, 1.165) is 12.1 Å². The number of benzene rings is 1. The van der Waals surface area contributed by atoms with Crippen LogP contribution >= 0.6 is 0 Å². The molecule has 0 saturated carbocycles. The van der Waals surface area contributed by atoms with Gasteiger partial charge in [-0.05, 0) is 30.2 Å². The molecule has 1 amide bonds. The Labute approximate surface area is 99.9 Å². The van der Waals surface area contributed by atoms with E-state index in [1.807, 2.05) is 4.72 Å². The summed E-state index contributed by atoms with van der Waals surface area (Å²) in [6, 6.07) is 4.67. The Kier molecular flexibility index (Phi) is 4.22. The lowest BCUT2D eigenvalue weighted by atomic mass is 10.2. The van der Waals surface area contributed by atoms with Gasteiger partial charge in [0.2, 0.25) is 10.0 Å². The number of rotatable bonds is 4. The number of sulfonamides is 1. The number of hydrogen-bond donors (Lipinski definition) is 1. The maximum atomic E-state index is 12.6. The number of hydrogen-bond acceptors (Lipinski definition) is 3. The second-order valence-corrected chi connectivity index (χ2v) is 5.88. The van der Waals surface area contributed by atoms with Gasteiger partial charge in [0.15, 0.2) is 0 Å². The predicted molar refractivity (Wildman–Crippen MR) is 62.5 cm³/mol. The number of nitrogens with one attached hydrogen (secondary N) is 1. The first-order valence-corrected chi connectivity index (χ1v) is 6.76. The lowest BCUT2D eigenvalue weighted by Crippen LogP contribution is -2.33. The molecule has 17 heavy (non-hydrogen) atoms. The molecule has 0 fully saturated rings. The molecular formula is C11H14FNO3S. The van der Waals surface area contributed by atoms with Crippen LogP contribution in [-0.2, 0) is 10.0 Å². The second kappa shape index (κ2) is 5.27. The molecule has 1 N–H and O–H groups in total. The quantitative estimate of drug-likeness (QED) is 0.892. The normalized spacial score (nSPS) is 11.5. The molecule has 94 valence electrons.